The van der Waals surface area contributed by atoms with Gasteiger partial charge >= 0.3 is 5.97 Å². The van der Waals surface area contributed by atoms with Crippen LogP contribution in [0.15, 0.2) is 47.4 Å². The highest BCUT2D eigenvalue weighted by molar-refractivity contribution is 8.93. The molecule has 0 bridgehead atoms. The molecular weight excluding hydrogens is 338 g/mol. The Balaban J connectivity index is 0.00000147. The molecular formula is C15H16BrNO2S. The van der Waals surface area contributed by atoms with Crippen LogP contribution in [0.1, 0.15) is 6.42 Å². The van der Waals surface area contributed by atoms with Gasteiger partial charge in [0.1, 0.15) is 6.04 Å². The minimum atomic E-state index is -0.749. The first-order chi connectivity index (χ1) is 9.22. The third-order valence-corrected chi connectivity index (χ3v) is 4.63. The van der Waals surface area contributed by atoms with Crippen LogP contribution < -0.4 is 5.32 Å². The van der Waals surface area contributed by atoms with Gasteiger partial charge < -0.3 is 10.4 Å². The molecule has 3 nitrogen and oxygen atoms in total. The number of carbonyl (C=O) groups is 1. The summed E-state index contributed by atoms with van der Waals surface area (Å²) >= 11 is 1.76. The molecule has 0 amide bonds. The van der Waals surface area contributed by atoms with Crippen LogP contribution in [0.25, 0.3) is 10.8 Å². The molecule has 0 saturated carbocycles. The highest BCUT2D eigenvalue weighted by Gasteiger charge is 2.29. The molecule has 2 aromatic carbocycles. The number of hydrogen-bond acceptors (Lipinski definition) is 3. The maximum atomic E-state index is 10.9. The number of carboxylic acids is 1. The van der Waals surface area contributed by atoms with Crippen LogP contribution in [-0.2, 0) is 4.79 Å². The van der Waals surface area contributed by atoms with Crippen LogP contribution in [-0.4, -0.2) is 28.9 Å². The number of thioether (sulfide) groups is 1. The first-order valence-corrected chi connectivity index (χ1v) is 7.22. The number of benzene rings is 2. The third-order valence-electron chi connectivity index (χ3n) is 3.41. The van der Waals surface area contributed by atoms with Gasteiger partial charge in [-0.15, -0.1) is 28.7 Å². The van der Waals surface area contributed by atoms with E-state index in [1.807, 2.05) is 12.1 Å². The summed E-state index contributed by atoms with van der Waals surface area (Å²) in [6.07, 6.45) is 0.687. The summed E-state index contributed by atoms with van der Waals surface area (Å²) in [6, 6.07) is 14.3. The number of carboxylic acid groups (broad SMARTS) is 1. The fourth-order valence-electron chi connectivity index (χ4n) is 2.41. The third kappa shape index (κ3) is 3.34. The monoisotopic (exact) mass is 353 g/mol. The SMILES string of the molecule is Br.O=C(O)[C@@H]1CC(Sc2ccc3ccccc3c2)CN1. The van der Waals surface area contributed by atoms with E-state index in [2.05, 4.69) is 35.6 Å². The number of fused-ring (bicyclic) bond motifs is 1. The van der Waals surface area contributed by atoms with Gasteiger partial charge in [-0.25, -0.2) is 0 Å². The lowest BCUT2D eigenvalue weighted by molar-refractivity contribution is -0.139. The lowest BCUT2D eigenvalue weighted by atomic mass is 10.1. The van der Waals surface area contributed by atoms with Gasteiger partial charge in [0.2, 0.25) is 0 Å². The van der Waals surface area contributed by atoms with Gasteiger partial charge in [0, 0.05) is 16.7 Å². The Morgan fingerprint density at radius 1 is 1.20 bits per heavy atom. The second-order valence-corrected chi connectivity index (χ2v) is 6.16. The van der Waals surface area contributed by atoms with Gasteiger partial charge in [0.05, 0.1) is 0 Å². The first-order valence-electron chi connectivity index (χ1n) is 6.34. The van der Waals surface area contributed by atoms with Crippen molar-refractivity contribution in [2.75, 3.05) is 6.54 Å². The molecule has 1 aliphatic heterocycles. The predicted octanol–water partition coefficient (Wildman–Crippen LogP) is 3.32. The van der Waals surface area contributed by atoms with Crippen molar-refractivity contribution in [2.45, 2.75) is 22.6 Å². The molecule has 2 N–H and O–H groups in total. The van der Waals surface area contributed by atoms with Crippen molar-refractivity contribution in [1.82, 2.24) is 5.32 Å². The molecule has 2 atom stereocenters. The van der Waals surface area contributed by atoms with Crippen LogP contribution in [0, 0.1) is 0 Å². The summed E-state index contributed by atoms with van der Waals surface area (Å²) in [4.78, 5) is 12.1. The van der Waals surface area contributed by atoms with Gasteiger partial charge in [0.15, 0.2) is 0 Å². The van der Waals surface area contributed by atoms with Crippen molar-refractivity contribution in [1.29, 1.82) is 0 Å². The van der Waals surface area contributed by atoms with Crippen LogP contribution in [0.3, 0.4) is 0 Å². The number of halogens is 1. The fraction of sp³-hybridized carbons (Fsp3) is 0.267. The number of aliphatic carboxylic acids is 1. The summed E-state index contributed by atoms with van der Waals surface area (Å²) < 4.78 is 0. The zero-order valence-corrected chi connectivity index (χ0v) is 13.3. The van der Waals surface area contributed by atoms with Crippen molar-refractivity contribution in [3.8, 4) is 0 Å². The highest BCUT2D eigenvalue weighted by Crippen LogP contribution is 2.31. The Bertz CT molecular complexity index is 620. The zero-order chi connectivity index (χ0) is 13.2. The van der Waals surface area contributed by atoms with Crippen LogP contribution in [0.2, 0.25) is 0 Å². The maximum absolute atomic E-state index is 10.9. The van der Waals surface area contributed by atoms with Gasteiger partial charge in [-0.2, -0.15) is 0 Å². The highest BCUT2D eigenvalue weighted by atomic mass is 79.9. The van der Waals surface area contributed by atoms with Crippen molar-refractivity contribution in [2.24, 2.45) is 0 Å². The van der Waals surface area contributed by atoms with Gasteiger partial charge in [0.25, 0.3) is 0 Å². The molecule has 0 radical (unpaired) electrons. The Morgan fingerprint density at radius 2 is 1.95 bits per heavy atom. The molecule has 0 aliphatic carbocycles. The molecule has 20 heavy (non-hydrogen) atoms. The Kier molecular flexibility index (Phi) is 5.07. The standard InChI is InChI=1S/C15H15NO2S.BrH/c17-15(18)14-8-13(9-16-14)19-12-6-5-10-3-1-2-4-11(10)7-12;/h1-7,13-14,16H,8-9H2,(H,17,18);1H/t13?,14-;/m0./s1. The maximum Gasteiger partial charge on any atom is 0.320 e. The number of hydrogen-bond donors (Lipinski definition) is 2. The van der Waals surface area contributed by atoms with E-state index in [9.17, 15) is 4.79 Å². The van der Waals surface area contributed by atoms with Crippen LogP contribution >= 0.6 is 28.7 Å². The summed E-state index contributed by atoms with van der Waals surface area (Å²) in [5, 5.41) is 14.8. The Morgan fingerprint density at radius 3 is 2.65 bits per heavy atom. The summed E-state index contributed by atoms with van der Waals surface area (Å²) in [7, 11) is 0. The fourth-order valence-corrected chi connectivity index (χ4v) is 3.61. The molecule has 1 saturated heterocycles. The topological polar surface area (TPSA) is 49.3 Å². The molecule has 106 valence electrons. The second-order valence-electron chi connectivity index (χ2n) is 4.78. The number of nitrogens with one attached hydrogen (secondary N) is 1. The predicted molar refractivity (Wildman–Crippen MR) is 88.0 cm³/mol. The summed E-state index contributed by atoms with van der Waals surface area (Å²) in [5.74, 6) is -0.749. The van der Waals surface area contributed by atoms with Crippen molar-refractivity contribution in [3.05, 3.63) is 42.5 Å². The Hall–Kier alpha value is -1.04. The zero-order valence-electron chi connectivity index (χ0n) is 10.8. The van der Waals surface area contributed by atoms with E-state index in [1.54, 1.807) is 11.8 Å². The Labute approximate surface area is 132 Å². The van der Waals surface area contributed by atoms with Crippen molar-refractivity contribution < 1.29 is 9.90 Å². The van der Waals surface area contributed by atoms with E-state index in [1.165, 1.54) is 15.7 Å². The molecule has 5 heteroatoms. The average Bonchev–Trinajstić information content (AvgIpc) is 2.87. The molecule has 3 rings (SSSR count). The minimum Gasteiger partial charge on any atom is -0.480 e. The van der Waals surface area contributed by atoms with E-state index < -0.39 is 12.0 Å². The molecule has 0 spiro atoms. The number of rotatable bonds is 3. The minimum absolute atomic E-state index is 0. The lowest BCUT2D eigenvalue weighted by Crippen LogP contribution is -2.29. The van der Waals surface area contributed by atoms with E-state index in [0.717, 1.165) is 6.54 Å². The molecule has 1 aliphatic rings. The molecule has 2 aromatic rings. The van der Waals surface area contributed by atoms with Gasteiger partial charge in [-0.1, -0.05) is 30.3 Å². The largest absolute Gasteiger partial charge is 0.480 e. The van der Waals surface area contributed by atoms with Crippen LogP contribution in [0.5, 0.6) is 0 Å². The molecule has 1 unspecified atom stereocenters. The lowest BCUT2D eigenvalue weighted by Gasteiger charge is -2.09. The molecule has 1 heterocycles. The van der Waals surface area contributed by atoms with Crippen molar-refractivity contribution >= 4 is 45.5 Å². The van der Waals surface area contributed by atoms with E-state index in [0.29, 0.717) is 11.7 Å². The second kappa shape index (κ2) is 6.61. The first kappa shape index (κ1) is 15.4. The normalized spacial score (nSPS) is 21.6. The average molecular weight is 354 g/mol. The molecule has 0 aromatic heterocycles. The quantitative estimate of drug-likeness (QED) is 0.888. The van der Waals surface area contributed by atoms with Crippen molar-refractivity contribution in [3.63, 3.8) is 0 Å². The van der Waals surface area contributed by atoms with E-state index in [-0.39, 0.29) is 17.0 Å². The molecule has 1 fully saturated rings. The van der Waals surface area contributed by atoms with Gasteiger partial charge in [-0.05, 0) is 29.3 Å². The van der Waals surface area contributed by atoms with Gasteiger partial charge in [-0.3, -0.25) is 4.79 Å². The van der Waals surface area contributed by atoms with Crippen LogP contribution in [0.4, 0.5) is 0 Å². The smallest absolute Gasteiger partial charge is 0.320 e. The summed E-state index contributed by atoms with van der Waals surface area (Å²) in [5.41, 5.74) is 0. The van der Waals surface area contributed by atoms with E-state index >= 15 is 0 Å². The summed E-state index contributed by atoms with van der Waals surface area (Å²) in [6.45, 7) is 0.758. The van der Waals surface area contributed by atoms with E-state index in [4.69, 9.17) is 5.11 Å².